The molecule has 0 N–H and O–H groups in total. The number of hydrogen-bond acceptors (Lipinski definition) is 4. The van der Waals surface area contributed by atoms with Gasteiger partial charge in [-0.3, -0.25) is 4.79 Å². The van der Waals surface area contributed by atoms with Gasteiger partial charge in [-0.25, -0.2) is 0 Å². The van der Waals surface area contributed by atoms with Crippen LogP contribution in [0.15, 0.2) is 65.8 Å². The zero-order chi connectivity index (χ0) is 17.6. The molecule has 0 bridgehead atoms. The van der Waals surface area contributed by atoms with Crippen LogP contribution in [-0.2, 0) is 11.8 Å². The van der Waals surface area contributed by atoms with Gasteiger partial charge in [0.15, 0.2) is 11.0 Å². The highest BCUT2D eigenvalue weighted by Crippen LogP contribution is 2.23. The molecule has 0 unspecified atom stereocenters. The molecule has 0 spiro atoms. The molecule has 0 saturated heterocycles. The third-order valence-electron chi connectivity index (χ3n) is 3.93. The van der Waals surface area contributed by atoms with E-state index >= 15 is 0 Å². The summed E-state index contributed by atoms with van der Waals surface area (Å²) in [4.78, 5) is 14.0. The van der Waals surface area contributed by atoms with Gasteiger partial charge in [0.25, 0.3) is 0 Å². The highest BCUT2D eigenvalue weighted by Gasteiger charge is 2.13. The first-order chi connectivity index (χ1) is 12.2. The number of carbonyl (C=O) groups is 1. The highest BCUT2D eigenvalue weighted by atomic mass is 32.2. The number of amides is 1. The fourth-order valence-electron chi connectivity index (χ4n) is 2.47. The van der Waals surface area contributed by atoms with Gasteiger partial charge >= 0.3 is 0 Å². The topological polar surface area (TPSA) is 51.0 Å². The lowest BCUT2D eigenvalue weighted by Gasteiger charge is -2.16. The molecule has 3 aromatic rings. The Hall–Kier alpha value is -2.60. The van der Waals surface area contributed by atoms with Crippen LogP contribution in [0.4, 0.5) is 5.69 Å². The van der Waals surface area contributed by atoms with Crippen molar-refractivity contribution in [3.63, 3.8) is 0 Å². The van der Waals surface area contributed by atoms with E-state index in [2.05, 4.69) is 10.2 Å². The van der Waals surface area contributed by atoms with Crippen LogP contribution >= 0.6 is 11.8 Å². The molecule has 0 saturated carbocycles. The van der Waals surface area contributed by atoms with Gasteiger partial charge in [0.2, 0.25) is 5.91 Å². The fraction of sp³-hybridized carbons (Fsp3) is 0.211. The molecule has 0 atom stereocenters. The second-order valence-corrected chi connectivity index (χ2v) is 6.68. The van der Waals surface area contributed by atoms with E-state index < -0.39 is 0 Å². The van der Waals surface area contributed by atoms with Crippen LogP contribution in [-0.4, -0.2) is 33.5 Å². The van der Waals surface area contributed by atoms with Gasteiger partial charge in [-0.2, -0.15) is 0 Å². The summed E-state index contributed by atoms with van der Waals surface area (Å²) in [6.45, 7) is 0. The largest absolute Gasteiger partial charge is 0.315 e. The Morgan fingerprint density at radius 2 is 1.68 bits per heavy atom. The Balaban J connectivity index is 1.58. The molecule has 25 heavy (non-hydrogen) atoms. The molecule has 1 amide bonds. The van der Waals surface area contributed by atoms with Crippen molar-refractivity contribution in [1.82, 2.24) is 14.8 Å². The standard InChI is InChI=1S/C19H20N4OS/c1-22(16-11-7-4-8-12-16)17(24)13-14-25-19-21-20-18(23(19)2)15-9-5-3-6-10-15/h3-12H,13-14H2,1-2H3. The van der Waals surface area contributed by atoms with Gasteiger partial charge in [-0.15, -0.1) is 10.2 Å². The fourth-order valence-corrected chi connectivity index (χ4v) is 3.31. The predicted octanol–water partition coefficient (Wildman–Crippen LogP) is 3.63. The Bertz CT molecular complexity index is 833. The molecule has 0 aliphatic heterocycles. The van der Waals surface area contributed by atoms with Crippen molar-refractivity contribution in [3.05, 3.63) is 60.7 Å². The average Bonchev–Trinajstić information content (AvgIpc) is 3.03. The van der Waals surface area contributed by atoms with E-state index in [4.69, 9.17) is 0 Å². The zero-order valence-corrected chi connectivity index (χ0v) is 15.1. The highest BCUT2D eigenvalue weighted by molar-refractivity contribution is 7.99. The van der Waals surface area contributed by atoms with Gasteiger partial charge in [0, 0.05) is 37.5 Å². The Kier molecular flexibility index (Phi) is 5.50. The Morgan fingerprint density at radius 3 is 2.36 bits per heavy atom. The quantitative estimate of drug-likeness (QED) is 0.636. The summed E-state index contributed by atoms with van der Waals surface area (Å²) in [7, 11) is 3.75. The molecule has 128 valence electrons. The first kappa shape index (κ1) is 17.2. The molecule has 1 aromatic heterocycles. The summed E-state index contributed by atoms with van der Waals surface area (Å²) in [5.74, 6) is 1.58. The SMILES string of the molecule is CN(C(=O)CCSc1nnc(-c2ccccc2)n1C)c1ccccc1. The van der Waals surface area contributed by atoms with Gasteiger partial charge in [0.1, 0.15) is 0 Å². The maximum absolute atomic E-state index is 12.3. The summed E-state index contributed by atoms with van der Waals surface area (Å²) in [6, 6.07) is 19.6. The van der Waals surface area contributed by atoms with E-state index in [0.29, 0.717) is 12.2 Å². The lowest BCUT2D eigenvalue weighted by Crippen LogP contribution is -2.26. The van der Waals surface area contributed by atoms with E-state index in [9.17, 15) is 4.79 Å². The average molecular weight is 352 g/mol. The lowest BCUT2D eigenvalue weighted by atomic mass is 10.2. The summed E-state index contributed by atoms with van der Waals surface area (Å²) < 4.78 is 1.96. The van der Waals surface area contributed by atoms with Crippen LogP contribution in [0.1, 0.15) is 6.42 Å². The second-order valence-electron chi connectivity index (χ2n) is 5.62. The number of nitrogens with zero attached hydrogens (tertiary/aromatic N) is 4. The molecular formula is C19H20N4OS. The second kappa shape index (κ2) is 7.98. The Morgan fingerprint density at radius 1 is 1.04 bits per heavy atom. The molecule has 0 radical (unpaired) electrons. The minimum absolute atomic E-state index is 0.0872. The van der Waals surface area contributed by atoms with Crippen molar-refractivity contribution < 1.29 is 4.79 Å². The summed E-state index contributed by atoms with van der Waals surface area (Å²) in [5.41, 5.74) is 1.94. The number of rotatable bonds is 6. The third-order valence-corrected chi connectivity index (χ3v) is 4.95. The van der Waals surface area contributed by atoms with Crippen LogP contribution in [0.2, 0.25) is 0 Å². The van der Waals surface area contributed by atoms with Gasteiger partial charge in [0.05, 0.1) is 0 Å². The molecule has 1 heterocycles. The van der Waals surface area contributed by atoms with E-state index in [1.807, 2.05) is 72.3 Å². The maximum atomic E-state index is 12.3. The predicted molar refractivity (Wildman–Crippen MR) is 102 cm³/mol. The lowest BCUT2D eigenvalue weighted by molar-refractivity contribution is -0.117. The number of anilines is 1. The number of benzene rings is 2. The number of para-hydroxylation sites is 1. The van der Waals surface area contributed by atoms with Crippen molar-refractivity contribution in [3.8, 4) is 11.4 Å². The van der Waals surface area contributed by atoms with E-state index in [0.717, 1.165) is 22.2 Å². The van der Waals surface area contributed by atoms with Crippen molar-refractivity contribution >= 4 is 23.4 Å². The van der Waals surface area contributed by atoms with Crippen molar-refractivity contribution in [1.29, 1.82) is 0 Å². The summed E-state index contributed by atoms with van der Waals surface area (Å²) >= 11 is 1.55. The van der Waals surface area contributed by atoms with Gasteiger partial charge < -0.3 is 9.47 Å². The van der Waals surface area contributed by atoms with E-state index in [-0.39, 0.29) is 5.91 Å². The molecule has 5 nitrogen and oxygen atoms in total. The van der Waals surface area contributed by atoms with Crippen molar-refractivity contribution in [2.24, 2.45) is 7.05 Å². The summed E-state index contributed by atoms with van der Waals surface area (Å²) in [6.07, 6.45) is 0.448. The molecular weight excluding hydrogens is 332 g/mol. The minimum atomic E-state index is 0.0872. The number of hydrogen-bond donors (Lipinski definition) is 0. The molecule has 0 aliphatic rings. The molecule has 2 aromatic carbocycles. The van der Waals surface area contributed by atoms with Crippen molar-refractivity contribution in [2.45, 2.75) is 11.6 Å². The van der Waals surface area contributed by atoms with Gasteiger partial charge in [-0.05, 0) is 12.1 Å². The minimum Gasteiger partial charge on any atom is -0.315 e. The van der Waals surface area contributed by atoms with Crippen LogP contribution < -0.4 is 4.90 Å². The smallest absolute Gasteiger partial charge is 0.227 e. The number of aromatic nitrogens is 3. The Labute approximate surface area is 151 Å². The van der Waals surface area contributed by atoms with Crippen molar-refractivity contribution in [2.75, 3.05) is 17.7 Å². The first-order valence-electron chi connectivity index (χ1n) is 8.06. The monoisotopic (exact) mass is 352 g/mol. The van der Waals surface area contributed by atoms with Crippen LogP contribution in [0, 0.1) is 0 Å². The van der Waals surface area contributed by atoms with E-state index in [1.54, 1.807) is 23.7 Å². The van der Waals surface area contributed by atoms with E-state index in [1.165, 1.54) is 0 Å². The zero-order valence-electron chi connectivity index (χ0n) is 14.3. The van der Waals surface area contributed by atoms with Crippen LogP contribution in [0.25, 0.3) is 11.4 Å². The first-order valence-corrected chi connectivity index (χ1v) is 9.04. The number of carbonyl (C=O) groups excluding carboxylic acids is 1. The van der Waals surface area contributed by atoms with Gasteiger partial charge in [-0.1, -0.05) is 60.3 Å². The maximum Gasteiger partial charge on any atom is 0.227 e. The van der Waals surface area contributed by atoms with Crippen LogP contribution in [0.5, 0.6) is 0 Å². The third kappa shape index (κ3) is 4.09. The molecule has 0 fully saturated rings. The molecule has 0 aliphatic carbocycles. The molecule has 3 rings (SSSR count). The molecule has 6 heteroatoms. The van der Waals surface area contributed by atoms with Crippen LogP contribution in [0.3, 0.4) is 0 Å². The normalized spacial score (nSPS) is 10.6. The number of thioether (sulfide) groups is 1. The summed E-state index contributed by atoms with van der Waals surface area (Å²) in [5, 5.41) is 9.32.